The first kappa shape index (κ1) is 36.2. The Labute approximate surface area is 267 Å². The normalized spacial score (nSPS) is 17.6. The van der Waals surface area contributed by atoms with Gasteiger partial charge in [0.2, 0.25) is 17.7 Å². The number of aromatic amines is 1. The Bertz CT molecular complexity index is 1190. The molecule has 3 rings (SSSR count). The van der Waals surface area contributed by atoms with Crippen molar-refractivity contribution in [2.75, 3.05) is 7.05 Å². The van der Waals surface area contributed by atoms with Crippen LogP contribution >= 0.6 is 0 Å². The molecule has 1 aliphatic rings. The molecule has 1 saturated carbocycles. The number of amides is 3. The van der Waals surface area contributed by atoms with Crippen molar-refractivity contribution in [2.45, 2.75) is 121 Å². The Morgan fingerprint density at radius 1 is 1.04 bits per heavy atom. The number of nitrogens with two attached hydrogens (primary N) is 1. The predicted molar refractivity (Wildman–Crippen MR) is 174 cm³/mol. The Kier molecular flexibility index (Phi) is 13.6. The third kappa shape index (κ3) is 11.2. The van der Waals surface area contributed by atoms with E-state index in [1.807, 2.05) is 44.2 Å². The highest BCUT2D eigenvalue weighted by atomic mass is 16.3. The van der Waals surface area contributed by atoms with Gasteiger partial charge >= 0.3 is 0 Å². The molecule has 0 saturated heterocycles. The van der Waals surface area contributed by atoms with Gasteiger partial charge in [-0.25, -0.2) is 4.98 Å². The third-order valence-electron chi connectivity index (χ3n) is 8.91. The standard InChI is InChI=1S/C34H54N6O5/c1-22(2)29(41)19-30(42)26(16-23-12-8-6-9-13-23)38-31(43)28(18-25-20-36-21-37-25)40(5)32(44)27(39-33(45)34(3,4)35)17-24-14-10-7-11-15-24/h7,10-11,14-15,20-23,26-30,41-42H,6,8-9,12-13,16-19,35H2,1-5H3,(H,36,37)(H,38,43)(H,39,45)/t26-,27-,28-,29?,30?/m0/s1. The highest BCUT2D eigenvalue weighted by molar-refractivity contribution is 5.94. The Morgan fingerprint density at radius 3 is 2.29 bits per heavy atom. The van der Waals surface area contributed by atoms with Crippen LogP contribution < -0.4 is 16.4 Å². The van der Waals surface area contributed by atoms with E-state index in [1.54, 1.807) is 27.1 Å². The maximum Gasteiger partial charge on any atom is 0.245 e. The van der Waals surface area contributed by atoms with Crippen LogP contribution in [-0.2, 0) is 27.2 Å². The number of likely N-dealkylation sites (N-methyl/N-ethyl adjacent to an activating group) is 1. The van der Waals surface area contributed by atoms with Gasteiger partial charge in [0.25, 0.3) is 0 Å². The molecule has 0 radical (unpaired) electrons. The number of aliphatic hydroxyl groups excluding tert-OH is 2. The molecule has 250 valence electrons. The van der Waals surface area contributed by atoms with E-state index in [9.17, 15) is 24.6 Å². The topological polar surface area (TPSA) is 174 Å². The van der Waals surface area contributed by atoms with E-state index in [4.69, 9.17) is 5.73 Å². The number of nitrogens with zero attached hydrogens (tertiary/aromatic N) is 2. The van der Waals surface area contributed by atoms with Crippen molar-refractivity contribution in [1.29, 1.82) is 0 Å². The van der Waals surface area contributed by atoms with Crippen molar-refractivity contribution in [3.8, 4) is 0 Å². The molecule has 2 aromatic rings. The molecule has 3 amide bonds. The molecule has 1 fully saturated rings. The van der Waals surface area contributed by atoms with E-state index in [1.165, 1.54) is 17.6 Å². The van der Waals surface area contributed by atoms with Gasteiger partial charge in [0.1, 0.15) is 12.1 Å². The van der Waals surface area contributed by atoms with Crippen molar-refractivity contribution < 1.29 is 24.6 Å². The number of aromatic nitrogens is 2. The molecule has 1 aromatic heterocycles. The lowest BCUT2D eigenvalue weighted by Crippen LogP contribution is -2.60. The second-order valence-electron chi connectivity index (χ2n) is 13.7. The fourth-order valence-corrected chi connectivity index (χ4v) is 5.86. The number of nitrogens with one attached hydrogen (secondary N) is 3. The van der Waals surface area contributed by atoms with Crippen LogP contribution in [0.4, 0.5) is 0 Å². The summed E-state index contributed by atoms with van der Waals surface area (Å²) < 4.78 is 0. The monoisotopic (exact) mass is 626 g/mol. The molecule has 45 heavy (non-hydrogen) atoms. The van der Waals surface area contributed by atoms with Crippen molar-refractivity contribution in [3.63, 3.8) is 0 Å². The summed E-state index contributed by atoms with van der Waals surface area (Å²) in [6, 6.07) is 6.78. The fourth-order valence-electron chi connectivity index (χ4n) is 5.86. The predicted octanol–water partition coefficient (Wildman–Crippen LogP) is 2.47. The molecule has 1 heterocycles. The lowest BCUT2D eigenvalue weighted by atomic mass is 9.82. The van der Waals surface area contributed by atoms with Gasteiger partial charge in [0, 0.05) is 38.2 Å². The molecule has 1 aromatic carbocycles. The highest BCUT2D eigenvalue weighted by Gasteiger charge is 2.37. The van der Waals surface area contributed by atoms with E-state index < -0.39 is 53.6 Å². The Morgan fingerprint density at radius 2 is 1.71 bits per heavy atom. The number of imidazole rings is 1. The summed E-state index contributed by atoms with van der Waals surface area (Å²) in [5, 5.41) is 27.7. The van der Waals surface area contributed by atoms with Gasteiger partial charge in [-0.3, -0.25) is 14.4 Å². The summed E-state index contributed by atoms with van der Waals surface area (Å²) in [6.45, 7) is 6.92. The molecular formula is C34H54N6O5. The number of benzene rings is 1. The lowest BCUT2D eigenvalue weighted by Gasteiger charge is -2.35. The zero-order valence-corrected chi connectivity index (χ0v) is 27.5. The van der Waals surface area contributed by atoms with Crippen molar-refractivity contribution in [3.05, 3.63) is 54.1 Å². The van der Waals surface area contributed by atoms with Crippen LogP contribution in [0.15, 0.2) is 42.9 Å². The van der Waals surface area contributed by atoms with Crippen LogP contribution in [0, 0.1) is 11.8 Å². The van der Waals surface area contributed by atoms with Crippen LogP contribution in [0.25, 0.3) is 0 Å². The minimum Gasteiger partial charge on any atom is -0.393 e. The first-order valence-electron chi connectivity index (χ1n) is 16.3. The maximum atomic E-state index is 14.1. The molecule has 0 aliphatic heterocycles. The van der Waals surface area contributed by atoms with E-state index in [-0.39, 0.29) is 25.2 Å². The van der Waals surface area contributed by atoms with Gasteiger partial charge in [-0.1, -0.05) is 76.3 Å². The number of carbonyl (C=O) groups excluding carboxylic acids is 3. The first-order valence-corrected chi connectivity index (χ1v) is 16.3. The van der Waals surface area contributed by atoms with E-state index in [2.05, 4.69) is 20.6 Å². The average Bonchev–Trinajstić information content (AvgIpc) is 3.52. The molecule has 11 nitrogen and oxygen atoms in total. The van der Waals surface area contributed by atoms with Crippen LogP contribution in [0.5, 0.6) is 0 Å². The largest absolute Gasteiger partial charge is 0.393 e. The molecule has 11 heteroatoms. The van der Waals surface area contributed by atoms with Gasteiger partial charge in [-0.05, 0) is 37.7 Å². The van der Waals surface area contributed by atoms with E-state index in [0.717, 1.165) is 31.2 Å². The van der Waals surface area contributed by atoms with Crippen LogP contribution in [0.1, 0.15) is 83.9 Å². The van der Waals surface area contributed by atoms with Gasteiger partial charge in [0.05, 0.1) is 30.1 Å². The van der Waals surface area contributed by atoms with Gasteiger partial charge in [0.15, 0.2) is 0 Å². The summed E-state index contributed by atoms with van der Waals surface area (Å²) in [5.41, 5.74) is 6.33. The second kappa shape index (κ2) is 16.9. The van der Waals surface area contributed by atoms with Crippen LogP contribution in [-0.4, -0.2) is 85.7 Å². The molecule has 0 bridgehead atoms. The number of rotatable bonds is 16. The van der Waals surface area contributed by atoms with Crippen molar-refractivity contribution in [2.24, 2.45) is 17.6 Å². The van der Waals surface area contributed by atoms with Crippen molar-refractivity contribution in [1.82, 2.24) is 25.5 Å². The number of carbonyl (C=O) groups is 3. The summed E-state index contributed by atoms with van der Waals surface area (Å²) in [5.74, 6) is -1.05. The Balaban J connectivity index is 1.89. The van der Waals surface area contributed by atoms with Crippen molar-refractivity contribution >= 4 is 17.7 Å². The summed E-state index contributed by atoms with van der Waals surface area (Å²) in [6.07, 6.45) is 7.98. The smallest absolute Gasteiger partial charge is 0.245 e. The van der Waals surface area contributed by atoms with Gasteiger partial charge in [-0.2, -0.15) is 0 Å². The van der Waals surface area contributed by atoms with Gasteiger partial charge in [-0.15, -0.1) is 0 Å². The number of hydrogen-bond donors (Lipinski definition) is 6. The van der Waals surface area contributed by atoms with E-state index >= 15 is 0 Å². The second-order valence-corrected chi connectivity index (χ2v) is 13.7. The minimum absolute atomic E-state index is 0.0437. The zero-order chi connectivity index (χ0) is 33.1. The van der Waals surface area contributed by atoms with E-state index in [0.29, 0.717) is 18.0 Å². The Hall–Kier alpha value is -3.28. The lowest BCUT2D eigenvalue weighted by molar-refractivity contribution is -0.142. The summed E-state index contributed by atoms with van der Waals surface area (Å²) in [7, 11) is 1.55. The molecule has 5 atom stereocenters. The SMILES string of the molecule is CC(C)C(O)CC(O)[C@H](CC1CCCCC1)NC(=O)[C@H](Cc1cnc[nH]1)N(C)C(=O)[C@H](Cc1ccccc1)NC(=O)C(C)(C)N. The summed E-state index contributed by atoms with van der Waals surface area (Å²) >= 11 is 0. The fraction of sp³-hybridized carbons (Fsp3) is 0.647. The number of aliphatic hydroxyl groups is 2. The quantitative estimate of drug-likeness (QED) is 0.166. The molecule has 0 spiro atoms. The molecule has 2 unspecified atom stereocenters. The minimum atomic E-state index is -1.22. The molecule has 1 aliphatic carbocycles. The van der Waals surface area contributed by atoms with Crippen LogP contribution in [0.3, 0.4) is 0 Å². The molecule has 7 N–H and O–H groups in total. The summed E-state index contributed by atoms with van der Waals surface area (Å²) in [4.78, 5) is 49.7. The maximum absolute atomic E-state index is 14.1. The number of H-pyrrole nitrogens is 1. The third-order valence-corrected chi connectivity index (χ3v) is 8.91. The first-order chi connectivity index (χ1) is 21.3. The highest BCUT2D eigenvalue weighted by Crippen LogP contribution is 2.29. The van der Waals surface area contributed by atoms with Crippen LogP contribution in [0.2, 0.25) is 0 Å². The molecular weight excluding hydrogens is 572 g/mol. The van der Waals surface area contributed by atoms with Gasteiger partial charge < -0.3 is 36.5 Å². The average molecular weight is 627 g/mol. The zero-order valence-electron chi connectivity index (χ0n) is 27.5. The number of hydrogen-bond acceptors (Lipinski definition) is 7.